The van der Waals surface area contributed by atoms with E-state index in [4.69, 9.17) is 0 Å². The van der Waals surface area contributed by atoms with Crippen LogP contribution in [0.4, 0.5) is 10.5 Å². The minimum absolute atomic E-state index is 0.264. The van der Waals surface area contributed by atoms with E-state index in [1.807, 2.05) is 18.2 Å². The van der Waals surface area contributed by atoms with Crippen molar-refractivity contribution in [3.8, 4) is 0 Å². The zero-order valence-corrected chi connectivity index (χ0v) is 11.7. The summed E-state index contributed by atoms with van der Waals surface area (Å²) in [6, 6.07) is 8.52. The molecule has 20 heavy (non-hydrogen) atoms. The lowest BCUT2D eigenvalue weighted by atomic mass is 10.1. The summed E-state index contributed by atoms with van der Waals surface area (Å²) >= 11 is 0. The maximum absolute atomic E-state index is 12.2. The van der Waals surface area contributed by atoms with Gasteiger partial charge in [-0.3, -0.25) is 14.5 Å². The van der Waals surface area contributed by atoms with Gasteiger partial charge in [0.25, 0.3) is 5.91 Å². The Kier molecular flexibility index (Phi) is 3.48. The van der Waals surface area contributed by atoms with Crippen LogP contribution in [0.15, 0.2) is 30.3 Å². The number of urea groups is 1. The number of hydrogen-bond donors (Lipinski definition) is 1. The number of hydrogen-bond acceptors (Lipinski definition) is 3. The molecule has 6 heteroatoms. The van der Waals surface area contributed by atoms with Crippen LogP contribution in [0.3, 0.4) is 0 Å². The number of imide groups is 1. The van der Waals surface area contributed by atoms with Gasteiger partial charge in [-0.05, 0) is 26.0 Å². The molecule has 6 nitrogen and oxygen atoms in total. The lowest BCUT2D eigenvalue weighted by Crippen LogP contribution is -2.43. The Morgan fingerprint density at radius 1 is 1.25 bits per heavy atom. The van der Waals surface area contributed by atoms with Gasteiger partial charge in [-0.1, -0.05) is 18.2 Å². The first kappa shape index (κ1) is 14.0. The molecule has 1 N–H and O–H groups in total. The Labute approximate surface area is 117 Å². The van der Waals surface area contributed by atoms with Crippen LogP contribution in [0.25, 0.3) is 0 Å². The van der Waals surface area contributed by atoms with Crippen molar-refractivity contribution in [2.75, 3.05) is 18.5 Å². The highest BCUT2D eigenvalue weighted by Gasteiger charge is 2.45. The number of carbonyl (C=O) groups is 3. The van der Waals surface area contributed by atoms with E-state index in [1.54, 1.807) is 33.0 Å². The van der Waals surface area contributed by atoms with E-state index in [0.717, 1.165) is 4.90 Å². The van der Waals surface area contributed by atoms with Crippen LogP contribution in [0.5, 0.6) is 0 Å². The van der Waals surface area contributed by atoms with Crippen LogP contribution in [-0.4, -0.2) is 41.9 Å². The number of likely N-dealkylation sites (N-methyl/N-ethyl adjacent to an activating group) is 1. The molecule has 1 heterocycles. The first-order valence-electron chi connectivity index (χ1n) is 6.28. The van der Waals surface area contributed by atoms with Crippen LogP contribution in [0, 0.1) is 0 Å². The van der Waals surface area contributed by atoms with Crippen molar-refractivity contribution in [2.24, 2.45) is 0 Å². The molecule has 1 aromatic rings. The normalized spacial score (nSPS) is 17.1. The molecule has 0 saturated carbocycles. The van der Waals surface area contributed by atoms with Crippen LogP contribution >= 0.6 is 0 Å². The van der Waals surface area contributed by atoms with Crippen LogP contribution in [0.2, 0.25) is 0 Å². The van der Waals surface area contributed by atoms with Gasteiger partial charge >= 0.3 is 6.03 Å². The number of anilines is 1. The van der Waals surface area contributed by atoms with Crippen molar-refractivity contribution in [1.29, 1.82) is 0 Å². The fourth-order valence-electron chi connectivity index (χ4n) is 2.00. The largest absolute Gasteiger partial charge is 0.325 e. The first-order valence-corrected chi connectivity index (χ1v) is 6.28. The highest BCUT2D eigenvalue weighted by molar-refractivity contribution is 6.09. The summed E-state index contributed by atoms with van der Waals surface area (Å²) in [6.45, 7) is 2.96. The molecule has 1 aromatic carbocycles. The SMILES string of the molecule is CN(C(=O)CN1C(=O)NC(C)(C)C1=O)c1ccccc1. The summed E-state index contributed by atoms with van der Waals surface area (Å²) in [7, 11) is 1.61. The Morgan fingerprint density at radius 3 is 2.35 bits per heavy atom. The van der Waals surface area contributed by atoms with Gasteiger partial charge in [0.15, 0.2) is 0 Å². The molecule has 0 spiro atoms. The quantitative estimate of drug-likeness (QED) is 0.836. The lowest BCUT2D eigenvalue weighted by Gasteiger charge is -2.21. The average Bonchev–Trinajstić information content (AvgIpc) is 2.61. The number of para-hydroxylation sites is 1. The second-order valence-corrected chi connectivity index (χ2v) is 5.23. The second-order valence-electron chi connectivity index (χ2n) is 5.23. The van der Waals surface area contributed by atoms with E-state index in [-0.39, 0.29) is 12.5 Å². The molecule has 106 valence electrons. The molecule has 0 unspecified atom stereocenters. The van der Waals surface area contributed by atoms with Crippen LogP contribution < -0.4 is 10.2 Å². The fourth-order valence-corrected chi connectivity index (χ4v) is 2.00. The summed E-state index contributed by atoms with van der Waals surface area (Å²) in [5.74, 6) is -0.713. The predicted molar refractivity (Wildman–Crippen MR) is 74.2 cm³/mol. The zero-order chi connectivity index (χ0) is 14.9. The molecule has 0 bridgehead atoms. The monoisotopic (exact) mass is 275 g/mol. The van der Waals surface area contributed by atoms with Gasteiger partial charge < -0.3 is 10.2 Å². The smallest absolute Gasteiger partial charge is 0.324 e. The van der Waals surface area contributed by atoms with Gasteiger partial charge in [-0.2, -0.15) is 0 Å². The molecule has 1 fully saturated rings. The third-order valence-electron chi connectivity index (χ3n) is 3.26. The molecule has 1 aliphatic heterocycles. The highest BCUT2D eigenvalue weighted by atomic mass is 16.2. The third kappa shape index (κ3) is 2.49. The van der Waals surface area contributed by atoms with E-state index in [1.165, 1.54) is 4.90 Å². The van der Waals surface area contributed by atoms with Crippen molar-refractivity contribution < 1.29 is 14.4 Å². The van der Waals surface area contributed by atoms with E-state index < -0.39 is 17.5 Å². The molecule has 0 radical (unpaired) electrons. The van der Waals surface area contributed by atoms with Crippen molar-refractivity contribution in [1.82, 2.24) is 10.2 Å². The van der Waals surface area contributed by atoms with Crippen molar-refractivity contribution >= 4 is 23.5 Å². The molecule has 0 aromatic heterocycles. The molecule has 0 aliphatic carbocycles. The second kappa shape index (κ2) is 4.96. The summed E-state index contributed by atoms with van der Waals surface area (Å²) in [5, 5.41) is 2.54. The highest BCUT2D eigenvalue weighted by Crippen LogP contribution is 2.17. The standard InChI is InChI=1S/C14H17N3O3/c1-14(2)12(19)17(13(20)15-14)9-11(18)16(3)10-7-5-4-6-8-10/h4-8H,9H2,1-3H3,(H,15,20). The Bertz CT molecular complexity index is 554. The van der Waals surface area contributed by atoms with Crippen molar-refractivity contribution in [2.45, 2.75) is 19.4 Å². The number of nitrogens with one attached hydrogen (secondary N) is 1. The number of amides is 4. The van der Waals surface area contributed by atoms with E-state index >= 15 is 0 Å². The average molecular weight is 275 g/mol. The maximum Gasteiger partial charge on any atom is 0.325 e. The first-order chi connectivity index (χ1) is 9.33. The molecule has 1 aliphatic rings. The Morgan fingerprint density at radius 2 is 1.85 bits per heavy atom. The molecule has 2 rings (SSSR count). The van der Waals surface area contributed by atoms with Gasteiger partial charge in [0.2, 0.25) is 5.91 Å². The topological polar surface area (TPSA) is 69.7 Å². The van der Waals surface area contributed by atoms with Crippen LogP contribution in [0.1, 0.15) is 13.8 Å². The lowest BCUT2D eigenvalue weighted by molar-refractivity contribution is -0.133. The third-order valence-corrected chi connectivity index (χ3v) is 3.26. The van der Waals surface area contributed by atoms with Crippen molar-refractivity contribution in [3.63, 3.8) is 0 Å². The summed E-state index contributed by atoms with van der Waals surface area (Å²) in [4.78, 5) is 38.2. The van der Waals surface area contributed by atoms with Gasteiger partial charge in [0, 0.05) is 12.7 Å². The van der Waals surface area contributed by atoms with Gasteiger partial charge in [-0.25, -0.2) is 4.79 Å². The van der Waals surface area contributed by atoms with E-state index in [2.05, 4.69) is 5.32 Å². The van der Waals surface area contributed by atoms with Gasteiger partial charge in [0.05, 0.1) is 0 Å². The summed E-state index contributed by atoms with van der Waals surface area (Å²) in [5.41, 5.74) is -0.244. The predicted octanol–water partition coefficient (Wildman–Crippen LogP) is 0.980. The van der Waals surface area contributed by atoms with E-state index in [9.17, 15) is 14.4 Å². The molecule has 4 amide bonds. The minimum atomic E-state index is -0.956. The molecule has 1 saturated heterocycles. The number of carbonyl (C=O) groups excluding carboxylic acids is 3. The number of benzene rings is 1. The minimum Gasteiger partial charge on any atom is -0.324 e. The Balaban J connectivity index is 2.09. The van der Waals surface area contributed by atoms with Gasteiger partial charge in [-0.15, -0.1) is 0 Å². The fraction of sp³-hybridized carbons (Fsp3) is 0.357. The zero-order valence-electron chi connectivity index (χ0n) is 11.7. The molecule has 0 atom stereocenters. The maximum atomic E-state index is 12.2. The summed E-state index contributed by atoms with van der Waals surface area (Å²) in [6.07, 6.45) is 0. The number of nitrogens with zero attached hydrogens (tertiary/aromatic N) is 2. The van der Waals surface area contributed by atoms with E-state index in [0.29, 0.717) is 5.69 Å². The van der Waals surface area contributed by atoms with Gasteiger partial charge in [0.1, 0.15) is 12.1 Å². The molecular weight excluding hydrogens is 258 g/mol. The Hall–Kier alpha value is -2.37. The van der Waals surface area contributed by atoms with Crippen molar-refractivity contribution in [3.05, 3.63) is 30.3 Å². The summed E-state index contributed by atoms with van der Waals surface area (Å²) < 4.78 is 0. The van der Waals surface area contributed by atoms with Crippen LogP contribution in [-0.2, 0) is 9.59 Å². The molecular formula is C14H17N3O3. The number of rotatable bonds is 3.